The van der Waals surface area contributed by atoms with Crippen LogP contribution in [0.15, 0.2) is 36.4 Å². The lowest BCUT2D eigenvalue weighted by molar-refractivity contribution is -0.361. The summed E-state index contributed by atoms with van der Waals surface area (Å²) in [4.78, 5) is 51.3. The van der Waals surface area contributed by atoms with Gasteiger partial charge in [-0.1, -0.05) is 50.5 Å². The van der Waals surface area contributed by atoms with Crippen molar-refractivity contribution in [2.24, 2.45) is 0 Å². The molecule has 4 aliphatic heterocycles. The Hall–Kier alpha value is -4.13. The number of hydrogen-bond donors (Lipinski definition) is 14. The maximum absolute atomic E-state index is 14.0. The topological polar surface area (TPSA) is 436 Å². The van der Waals surface area contributed by atoms with E-state index in [4.69, 9.17) is 37.9 Å². The van der Waals surface area contributed by atoms with E-state index in [1.54, 1.807) is 18.2 Å². The van der Waals surface area contributed by atoms with E-state index in [0.29, 0.717) is 6.42 Å². The maximum atomic E-state index is 14.0. The summed E-state index contributed by atoms with van der Waals surface area (Å²) in [7, 11) is -5.16. The number of amides is 4. The summed E-state index contributed by atoms with van der Waals surface area (Å²) in [5.74, 6) is -3.05. The molecule has 4 heterocycles. The maximum Gasteiger partial charge on any atom is 0.397 e. The highest BCUT2D eigenvalue weighted by Crippen LogP contribution is 2.35. The van der Waals surface area contributed by atoms with E-state index in [0.717, 1.165) is 46.5 Å². The summed E-state index contributed by atoms with van der Waals surface area (Å²) >= 11 is 0. The zero-order valence-corrected chi connectivity index (χ0v) is 44.3. The number of para-hydroxylation sites is 1. The number of ether oxygens (including phenoxy) is 8. The predicted molar refractivity (Wildman–Crippen MR) is 263 cm³/mol. The number of nitrogens with one attached hydrogen (secondary N) is 4. The predicted octanol–water partition coefficient (Wildman–Crippen LogP) is -4.37. The first-order valence-corrected chi connectivity index (χ1v) is 27.0. The summed E-state index contributed by atoms with van der Waals surface area (Å²) in [6.07, 6.45) is -18.4. The molecule has 0 bridgehead atoms. The molecule has 0 aromatic heterocycles. The van der Waals surface area contributed by atoms with Gasteiger partial charge in [-0.15, -0.1) is 0 Å². The molecule has 0 spiro atoms. The van der Waals surface area contributed by atoms with Crippen LogP contribution in [0.2, 0.25) is 0 Å². The van der Waals surface area contributed by atoms with Crippen molar-refractivity contribution < 1.29 is 120 Å². The number of aliphatic hydroxyl groups is 9. The zero-order chi connectivity index (χ0) is 57.4. The molecule has 4 aliphatic rings. The molecule has 78 heavy (non-hydrogen) atoms. The number of rotatable bonds is 27. The summed E-state index contributed by atoms with van der Waals surface area (Å²) in [5.41, 5.74) is 0.0212. The van der Waals surface area contributed by atoms with E-state index in [-0.39, 0.29) is 17.9 Å². The van der Waals surface area contributed by atoms with Crippen molar-refractivity contribution in [2.75, 3.05) is 33.0 Å². The Morgan fingerprint density at radius 1 is 0.577 bits per heavy atom. The molecule has 29 nitrogen and oxygen atoms in total. The van der Waals surface area contributed by atoms with Crippen molar-refractivity contribution >= 4 is 34.0 Å². The van der Waals surface area contributed by atoms with E-state index >= 15 is 0 Å². The van der Waals surface area contributed by atoms with Crippen LogP contribution in [0.3, 0.4) is 0 Å². The van der Waals surface area contributed by atoms with Gasteiger partial charge in [0.1, 0.15) is 103 Å². The van der Waals surface area contributed by atoms with Crippen LogP contribution in [0.25, 0.3) is 0 Å². The van der Waals surface area contributed by atoms with Gasteiger partial charge in [-0.2, -0.15) is 8.42 Å². The van der Waals surface area contributed by atoms with Crippen LogP contribution in [0.1, 0.15) is 83.0 Å². The first-order chi connectivity index (χ1) is 37.0. The second kappa shape index (κ2) is 30.6. The Morgan fingerprint density at radius 2 is 1.04 bits per heavy atom. The lowest BCUT2D eigenvalue weighted by atomic mass is 9.93. The Morgan fingerprint density at radius 3 is 1.54 bits per heavy atom. The van der Waals surface area contributed by atoms with Crippen LogP contribution in [0, 0.1) is 0 Å². The Labute approximate surface area is 450 Å². The fraction of sp³-hybridized carbons (Fsp3) is 0.750. The minimum atomic E-state index is -5.16. The quantitative estimate of drug-likeness (QED) is 0.0225. The van der Waals surface area contributed by atoms with E-state index < -0.39 is 183 Å². The molecule has 4 saturated heterocycles. The monoisotopic (exact) mass is 1140 g/mol. The number of aliphatic hydroxyl groups excluding tert-OH is 9. The molecule has 30 heteroatoms. The van der Waals surface area contributed by atoms with Gasteiger partial charge in [0.05, 0.1) is 38.6 Å². The van der Waals surface area contributed by atoms with Crippen LogP contribution < -0.4 is 26.0 Å². The summed E-state index contributed by atoms with van der Waals surface area (Å²) in [6.45, 7) is 1.48. The molecule has 14 N–H and O–H groups in total. The Kier molecular flexibility index (Phi) is 25.4. The van der Waals surface area contributed by atoms with Crippen molar-refractivity contribution in [2.45, 2.75) is 195 Å². The molecule has 0 aliphatic carbocycles. The Bertz CT molecular complexity index is 2220. The van der Waals surface area contributed by atoms with Gasteiger partial charge in [0.15, 0.2) is 25.2 Å². The SMILES string of the molecule is CCCCCC/C=C\CCCOc1ccccc1C(=O)NC1[C@H](O[C@H]2C(O)C(NC(C)=O)[C@@H](O[C@H]3C(CO)O[C@@H](O[C@H]4C(O)C(NC(C)=O)C(O)O[C@@H]4COS(=O)(=O)O)C(NC(C)=O)[C@H]3O)O[C@@H]2CO)OC(CO)[C@H](O)[C@@H]1O. The second-order valence-electron chi connectivity index (χ2n) is 19.2. The molecule has 5 rings (SSSR count). The number of benzene rings is 1. The largest absolute Gasteiger partial charge is 0.493 e. The molecule has 0 saturated carbocycles. The molecule has 4 amide bonds. The van der Waals surface area contributed by atoms with Crippen molar-refractivity contribution in [3.8, 4) is 5.75 Å². The lowest BCUT2D eigenvalue weighted by Gasteiger charge is -2.51. The number of unbranched alkanes of at least 4 members (excludes halogenated alkanes) is 5. The number of allylic oxidation sites excluding steroid dienone is 2. The fourth-order valence-electron chi connectivity index (χ4n) is 9.39. The second-order valence-corrected chi connectivity index (χ2v) is 20.3. The number of hydrogen-bond acceptors (Lipinski definition) is 24. The molecule has 1 aromatic carbocycles. The van der Waals surface area contributed by atoms with Crippen LogP contribution in [0.5, 0.6) is 5.75 Å². The minimum absolute atomic E-state index is 0.0212. The highest BCUT2D eigenvalue weighted by molar-refractivity contribution is 7.80. The smallest absolute Gasteiger partial charge is 0.397 e. The summed E-state index contributed by atoms with van der Waals surface area (Å²) < 4.78 is 84.1. The third-order valence-corrected chi connectivity index (χ3v) is 13.7. The van der Waals surface area contributed by atoms with Crippen LogP contribution in [0.4, 0.5) is 0 Å². The highest BCUT2D eigenvalue weighted by Gasteiger charge is 2.56. The molecule has 444 valence electrons. The van der Waals surface area contributed by atoms with Gasteiger partial charge >= 0.3 is 10.4 Å². The molecular weight excluding hydrogens is 1060 g/mol. The molecule has 20 atom stereocenters. The molecule has 0 radical (unpaired) electrons. The van der Waals surface area contributed by atoms with Crippen LogP contribution >= 0.6 is 0 Å². The summed E-state index contributed by atoms with van der Waals surface area (Å²) in [5, 5.41) is 109. The standard InChI is InChI=1S/C48H76N4O25S/c1-5-6-7-8-9-10-11-12-15-18-69-27-17-14-13-16-26(27)44(64)52-33-37(60)36(59)28(19-53)72-46(33)75-41-29(20-54)73-47(34(39(41)62)50-24(3)57)76-42-30(21-55)74-48(35(40(42)63)51-25(4)58)77-43-31(22-70-78(66,67)68)71-45(65)32(38(43)61)49-23(2)56/h10-11,13-14,16-17,28-43,45-48,53-55,59-63,65H,5-9,12,15,18-22H2,1-4H3,(H,49,56)(H,50,57)(H,51,58)(H,52,64)(H,66,67,68)/b11-10-/t28?,29-,30?,31-,32?,33?,34?,35?,36+,37-,38?,39?,40-,41-,42+,43-,45?,46+,47-,48+/m1/s1. The van der Waals surface area contributed by atoms with Crippen LogP contribution in [-0.4, -0.2) is 238 Å². The van der Waals surface area contributed by atoms with Crippen molar-refractivity contribution in [1.29, 1.82) is 0 Å². The highest BCUT2D eigenvalue weighted by atomic mass is 32.3. The first kappa shape index (κ1) is 64.7. The van der Waals surface area contributed by atoms with E-state index in [2.05, 4.69) is 44.5 Å². The van der Waals surface area contributed by atoms with Gasteiger partial charge in [0.25, 0.3) is 5.91 Å². The molecule has 4 fully saturated rings. The normalized spacial score (nSPS) is 35.4. The van der Waals surface area contributed by atoms with Gasteiger partial charge in [-0.05, 0) is 37.8 Å². The third-order valence-electron chi connectivity index (χ3n) is 13.2. The summed E-state index contributed by atoms with van der Waals surface area (Å²) in [6, 6.07) is -0.578. The molecular formula is C48H76N4O25S. The van der Waals surface area contributed by atoms with Gasteiger partial charge < -0.3 is 105 Å². The van der Waals surface area contributed by atoms with Gasteiger partial charge in [-0.25, -0.2) is 4.18 Å². The average Bonchev–Trinajstić information content (AvgIpc) is 3.41. The number of carbonyl (C=O) groups is 4. The van der Waals surface area contributed by atoms with E-state index in [1.807, 2.05) is 0 Å². The Balaban J connectivity index is 1.36. The van der Waals surface area contributed by atoms with Crippen molar-refractivity contribution in [3.63, 3.8) is 0 Å². The first-order valence-electron chi connectivity index (χ1n) is 25.6. The molecule has 1 aromatic rings. The van der Waals surface area contributed by atoms with Gasteiger partial charge in [0, 0.05) is 20.8 Å². The number of carbonyl (C=O) groups excluding carboxylic acids is 4. The fourth-order valence-corrected chi connectivity index (χ4v) is 9.70. The van der Waals surface area contributed by atoms with Gasteiger partial charge in [0.2, 0.25) is 17.7 Å². The van der Waals surface area contributed by atoms with E-state index in [1.165, 1.54) is 18.9 Å². The zero-order valence-electron chi connectivity index (χ0n) is 43.5. The third kappa shape index (κ3) is 17.7. The van der Waals surface area contributed by atoms with Crippen LogP contribution in [-0.2, 0) is 62.1 Å². The van der Waals surface area contributed by atoms with Crippen molar-refractivity contribution in [1.82, 2.24) is 21.3 Å². The molecule has 9 unspecified atom stereocenters. The lowest BCUT2D eigenvalue weighted by Crippen LogP contribution is -2.71. The van der Waals surface area contributed by atoms with Gasteiger partial charge in [-0.3, -0.25) is 23.7 Å². The van der Waals surface area contributed by atoms with E-state index in [9.17, 15) is 78.1 Å². The minimum Gasteiger partial charge on any atom is -0.493 e. The van der Waals surface area contributed by atoms with Crippen molar-refractivity contribution in [3.05, 3.63) is 42.0 Å². The average molecular weight is 1140 g/mol.